The molecule has 0 spiro atoms. The Morgan fingerprint density at radius 3 is 2.80 bits per heavy atom. The molecule has 0 aliphatic carbocycles. The number of hydrogen-bond donors (Lipinski definition) is 1. The van der Waals surface area contributed by atoms with Crippen molar-refractivity contribution in [1.29, 1.82) is 0 Å². The molecule has 0 amide bonds. The molecule has 1 N–H and O–H groups in total. The Morgan fingerprint density at radius 1 is 1.40 bits per heavy atom. The number of likely N-dealkylation sites (tertiary alicyclic amines) is 1. The molecular weight excluding hydrogens is 261 g/mol. The van der Waals surface area contributed by atoms with Crippen LogP contribution in [0.3, 0.4) is 0 Å². The van der Waals surface area contributed by atoms with E-state index >= 15 is 0 Å². The molecule has 0 aromatic heterocycles. The Hall–Kier alpha value is -1.30. The zero-order chi connectivity index (χ0) is 14.4. The van der Waals surface area contributed by atoms with E-state index in [0.29, 0.717) is 18.7 Å². The number of ether oxygens (including phenoxy) is 1. The molecule has 5 heteroatoms. The van der Waals surface area contributed by atoms with Crippen LogP contribution in [0.25, 0.3) is 0 Å². The van der Waals surface area contributed by atoms with Crippen molar-refractivity contribution >= 4 is 5.78 Å². The molecule has 4 nitrogen and oxygen atoms in total. The van der Waals surface area contributed by atoms with Crippen LogP contribution in [0, 0.1) is 5.82 Å². The number of piperidine rings is 1. The van der Waals surface area contributed by atoms with Gasteiger partial charge in [0, 0.05) is 18.7 Å². The van der Waals surface area contributed by atoms with Crippen LogP contribution in [0.1, 0.15) is 23.2 Å². The maximum absolute atomic E-state index is 13.1. The summed E-state index contributed by atoms with van der Waals surface area (Å²) in [5.41, 5.74) is 0.420. The summed E-state index contributed by atoms with van der Waals surface area (Å²) in [7, 11) is 0. The Kier molecular flexibility index (Phi) is 5.64. The van der Waals surface area contributed by atoms with E-state index < -0.39 is 0 Å². The van der Waals surface area contributed by atoms with Crippen molar-refractivity contribution in [3.63, 3.8) is 0 Å². The second-order valence-electron chi connectivity index (χ2n) is 5.00. The number of carbonyl (C=O) groups excluding carboxylic acids is 1. The van der Waals surface area contributed by atoms with Crippen LogP contribution in [0.5, 0.6) is 0 Å². The van der Waals surface area contributed by atoms with Gasteiger partial charge in [-0.25, -0.2) is 4.39 Å². The summed E-state index contributed by atoms with van der Waals surface area (Å²) in [6, 6.07) is 5.81. The largest absolute Gasteiger partial charge is 0.394 e. The molecule has 0 radical (unpaired) electrons. The van der Waals surface area contributed by atoms with Crippen LogP contribution < -0.4 is 0 Å². The van der Waals surface area contributed by atoms with Gasteiger partial charge in [-0.3, -0.25) is 9.69 Å². The van der Waals surface area contributed by atoms with Gasteiger partial charge in [0.25, 0.3) is 0 Å². The lowest BCUT2D eigenvalue weighted by atomic mass is 10.1. The first-order valence-electron chi connectivity index (χ1n) is 6.92. The van der Waals surface area contributed by atoms with E-state index in [-0.39, 0.29) is 24.3 Å². The number of Topliss-reactive ketones (excluding diaryl/α,β-unsaturated/α-hetero) is 1. The maximum atomic E-state index is 13.1. The number of halogens is 1. The van der Waals surface area contributed by atoms with Gasteiger partial charge in [-0.05, 0) is 25.0 Å². The first kappa shape index (κ1) is 15.1. The summed E-state index contributed by atoms with van der Waals surface area (Å²) in [5.74, 6) is -0.439. The maximum Gasteiger partial charge on any atom is 0.176 e. The zero-order valence-electron chi connectivity index (χ0n) is 11.4. The summed E-state index contributed by atoms with van der Waals surface area (Å²) >= 11 is 0. The van der Waals surface area contributed by atoms with E-state index in [4.69, 9.17) is 9.84 Å². The minimum Gasteiger partial charge on any atom is -0.394 e. The monoisotopic (exact) mass is 281 g/mol. The zero-order valence-corrected chi connectivity index (χ0v) is 11.4. The number of hydrogen-bond acceptors (Lipinski definition) is 4. The third-order valence-electron chi connectivity index (χ3n) is 3.49. The lowest BCUT2D eigenvalue weighted by Crippen LogP contribution is -2.40. The van der Waals surface area contributed by atoms with Crippen LogP contribution in [-0.2, 0) is 4.74 Å². The van der Waals surface area contributed by atoms with Crippen LogP contribution in [-0.4, -0.2) is 54.7 Å². The molecule has 1 heterocycles. The van der Waals surface area contributed by atoms with Gasteiger partial charge < -0.3 is 9.84 Å². The van der Waals surface area contributed by atoms with Crippen molar-refractivity contribution in [2.45, 2.75) is 18.9 Å². The van der Waals surface area contributed by atoms with Gasteiger partial charge in [0.1, 0.15) is 5.82 Å². The molecule has 0 unspecified atom stereocenters. The predicted molar refractivity (Wildman–Crippen MR) is 73.2 cm³/mol. The normalized spacial score (nSPS) is 17.3. The number of benzene rings is 1. The highest BCUT2D eigenvalue weighted by molar-refractivity contribution is 5.97. The van der Waals surface area contributed by atoms with Crippen molar-refractivity contribution in [2.75, 3.05) is 32.8 Å². The highest BCUT2D eigenvalue weighted by atomic mass is 19.1. The van der Waals surface area contributed by atoms with E-state index in [1.807, 2.05) is 0 Å². The van der Waals surface area contributed by atoms with Crippen LogP contribution in [0.2, 0.25) is 0 Å². The molecule has 1 aromatic carbocycles. The number of nitrogens with zero attached hydrogens (tertiary/aromatic N) is 1. The summed E-state index contributed by atoms with van der Waals surface area (Å²) in [5, 5.41) is 8.71. The molecule has 2 rings (SSSR count). The highest BCUT2D eigenvalue weighted by Gasteiger charge is 2.21. The number of ketones is 1. The van der Waals surface area contributed by atoms with Crippen molar-refractivity contribution in [2.24, 2.45) is 0 Å². The average molecular weight is 281 g/mol. The summed E-state index contributed by atoms with van der Waals surface area (Å²) in [6.07, 6.45) is 1.88. The van der Waals surface area contributed by atoms with Crippen molar-refractivity contribution < 1.29 is 19.0 Å². The fourth-order valence-electron chi connectivity index (χ4n) is 2.41. The van der Waals surface area contributed by atoms with Crippen LogP contribution >= 0.6 is 0 Å². The number of aliphatic hydroxyl groups is 1. The average Bonchev–Trinajstić information content (AvgIpc) is 2.46. The van der Waals surface area contributed by atoms with Crippen molar-refractivity contribution in [1.82, 2.24) is 4.90 Å². The first-order valence-corrected chi connectivity index (χ1v) is 6.92. The number of aliphatic hydroxyl groups excluding tert-OH is 1. The molecule has 1 saturated heterocycles. The lowest BCUT2D eigenvalue weighted by Gasteiger charge is -2.31. The van der Waals surface area contributed by atoms with Gasteiger partial charge in [-0.2, -0.15) is 0 Å². The van der Waals surface area contributed by atoms with Gasteiger partial charge >= 0.3 is 0 Å². The second kappa shape index (κ2) is 7.47. The summed E-state index contributed by atoms with van der Waals surface area (Å²) in [6.45, 7) is 2.30. The Balaban J connectivity index is 1.79. The minimum absolute atomic E-state index is 0.0400. The van der Waals surface area contributed by atoms with E-state index in [2.05, 4.69) is 4.90 Å². The van der Waals surface area contributed by atoms with Crippen molar-refractivity contribution in [3.8, 4) is 0 Å². The topological polar surface area (TPSA) is 49.8 Å². The number of rotatable bonds is 6. The molecule has 0 atom stereocenters. The third-order valence-corrected chi connectivity index (χ3v) is 3.49. The fraction of sp³-hybridized carbons (Fsp3) is 0.533. The van der Waals surface area contributed by atoms with Crippen LogP contribution in [0.15, 0.2) is 24.3 Å². The fourth-order valence-corrected chi connectivity index (χ4v) is 2.41. The van der Waals surface area contributed by atoms with E-state index in [0.717, 1.165) is 25.9 Å². The molecule has 0 saturated carbocycles. The van der Waals surface area contributed by atoms with E-state index in [9.17, 15) is 9.18 Å². The summed E-state index contributed by atoms with van der Waals surface area (Å²) < 4.78 is 18.5. The van der Waals surface area contributed by atoms with Gasteiger partial charge in [0.05, 0.1) is 25.9 Å². The quantitative estimate of drug-likeness (QED) is 0.803. The Labute approximate surface area is 118 Å². The third kappa shape index (κ3) is 4.37. The van der Waals surface area contributed by atoms with Gasteiger partial charge in [-0.1, -0.05) is 12.1 Å². The highest BCUT2D eigenvalue weighted by Crippen LogP contribution is 2.14. The molecule has 1 aliphatic heterocycles. The predicted octanol–water partition coefficient (Wildman–Crippen LogP) is 1.48. The SMILES string of the molecule is O=C(CN1CCC(OCCO)CC1)c1cccc(F)c1. The van der Waals surface area contributed by atoms with Gasteiger partial charge in [-0.15, -0.1) is 0 Å². The molecule has 1 aromatic rings. The van der Waals surface area contributed by atoms with Crippen molar-refractivity contribution in [3.05, 3.63) is 35.6 Å². The lowest BCUT2D eigenvalue weighted by molar-refractivity contribution is -0.00689. The van der Waals surface area contributed by atoms with Gasteiger partial charge in [0.15, 0.2) is 5.78 Å². The molecule has 1 fully saturated rings. The molecule has 110 valence electrons. The Bertz CT molecular complexity index is 444. The molecular formula is C15H20FNO3. The van der Waals surface area contributed by atoms with E-state index in [1.165, 1.54) is 12.1 Å². The molecule has 0 bridgehead atoms. The molecule has 20 heavy (non-hydrogen) atoms. The van der Waals surface area contributed by atoms with Gasteiger partial charge in [0.2, 0.25) is 0 Å². The van der Waals surface area contributed by atoms with Crippen LogP contribution in [0.4, 0.5) is 4.39 Å². The Morgan fingerprint density at radius 2 is 2.15 bits per heavy atom. The van der Waals surface area contributed by atoms with E-state index in [1.54, 1.807) is 12.1 Å². The molecule has 1 aliphatic rings. The second-order valence-corrected chi connectivity index (χ2v) is 5.00. The smallest absolute Gasteiger partial charge is 0.176 e. The summed E-state index contributed by atoms with van der Waals surface area (Å²) in [4.78, 5) is 14.1. The standard InChI is InChI=1S/C15H20FNO3/c16-13-3-1-2-12(10-13)15(19)11-17-6-4-14(5-7-17)20-9-8-18/h1-3,10,14,18H,4-9,11H2. The number of carbonyl (C=O) groups is 1. The minimum atomic E-state index is -0.382. The first-order chi connectivity index (χ1) is 9.69.